The first-order valence-electron chi connectivity index (χ1n) is 11.3. The van der Waals surface area contributed by atoms with Gasteiger partial charge >= 0.3 is 0 Å². The quantitative estimate of drug-likeness (QED) is 0.544. The summed E-state index contributed by atoms with van der Waals surface area (Å²) in [7, 11) is 0. The van der Waals surface area contributed by atoms with E-state index in [0.717, 1.165) is 5.39 Å². The third kappa shape index (κ3) is 3.88. The molecule has 3 heterocycles. The minimum absolute atomic E-state index is 0.00409. The van der Waals surface area contributed by atoms with Gasteiger partial charge in [0.25, 0.3) is 5.91 Å². The average Bonchev–Trinajstić information content (AvgIpc) is 3.09. The van der Waals surface area contributed by atoms with Crippen LogP contribution in [0, 0.1) is 0 Å². The second-order valence-corrected chi connectivity index (χ2v) is 8.84. The number of anilines is 1. The molecule has 2 aromatic carbocycles. The van der Waals surface area contributed by atoms with Gasteiger partial charge in [-0.05, 0) is 56.3 Å². The Hall–Kier alpha value is -3.84. The van der Waals surface area contributed by atoms with Crippen LogP contribution in [0.5, 0.6) is 0 Å². The lowest BCUT2D eigenvalue weighted by molar-refractivity contribution is -0.116. The zero-order valence-electron chi connectivity index (χ0n) is 19.3. The van der Waals surface area contributed by atoms with Gasteiger partial charge in [-0.3, -0.25) is 19.3 Å². The molecule has 0 radical (unpaired) electrons. The molecule has 5 rings (SSSR count). The minimum atomic E-state index is -0.236. The molecule has 0 bridgehead atoms. The van der Waals surface area contributed by atoms with E-state index in [1.807, 2.05) is 36.9 Å². The number of aromatic nitrogens is 1. The van der Waals surface area contributed by atoms with Crippen molar-refractivity contribution in [1.29, 1.82) is 0 Å². The molecular weight excluding hydrogens is 430 g/mol. The van der Waals surface area contributed by atoms with Gasteiger partial charge in [-0.1, -0.05) is 18.2 Å². The number of para-hydroxylation sites is 1. The number of pyridine rings is 1. The number of Topliss-reactive ketones (excluding diaryl/α,β-unsaturated/α-hetero) is 1. The maximum absolute atomic E-state index is 13.0. The lowest BCUT2D eigenvalue weighted by atomic mass is 10.1. The van der Waals surface area contributed by atoms with Crippen molar-refractivity contribution in [3.05, 3.63) is 77.1 Å². The Bertz CT molecular complexity index is 1350. The molecular formula is C27H25N3O4. The number of nitrogens with zero attached hydrogens (tertiary/aromatic N) is 3. The van der Waals surface area contributed by atoms with Gasteiger partial charge in [-0.15, -0.1) is 0 Å². The molecule has 1 fully saturated rings. The summed E-state index contributed by atoms with van der Waals surface area (Å²) in [5.74, 6) is -0.468. The number of allylic oxidation sites excluding steroid dienone is 1. The number of ether oxygens (including phenoxy) is 1. The van der Waals surface area contributed by atoms with Crippen LogP contribution in [-0.2, 0) is 9.53 Å². The van der Waals surface area contributed by atoms with Crippen LogP contribution < -0.4 is 4.90 Å². The maximum atomic E-state index is 13.0. The summed E-state index contributed by atoms with van der Waals surface area (Å²) in [5.41, 5.74) is 3.23. The number of hydrogen-bond donors (Lipinski definition) is 0. The Morgan fingerprint density at radius 2 is 1.76 bits per heavy atom. The topological polar surface area (TPSA) is 79.8 Å². The lowest BCUT2D eigenvalue weighted by Gasteiger charge is -2.35. The Kier molecular flexibility index (Phi) is 5.49. The molecule has 3 aromatic rings. The van der Waals surface area contributed by atoms with Crippen molar-refractivity contribution >= 4 is 40.3 Å². The molecule has 1 saturated heterocycles. The van der Waals surface area contributed by atoms with Gasteiger partial charge in [0.2, 0.25) is 11.7 Å². The van der Waals surface area contributed by atoms with E-state index >= 15 is 0 Å². The minimum Gasteiger partial charge on any atom is -0.372 e. The molecule has 0 spiro atoms. The Morgan fingerprint density at radius 3 is 2.50 bits per heavy atom. The molecule has 2 aliphatic rings. The number of amides is 2. The van der Waals surface area contributed by atoms with E-state index in [9.17, 15) is 14.4 Å². The number of morpholine rings is 1. The van der Waals surface area contributed by atoms with E-state index in [0.29, 0.717) is 41.1 Å². The molecule has 2 aliphatic heterocycles. The molecule has 7 nitrogen and oxygen atoms in total. The van der Waals surface area contributed by atoms with Crippen LogP contribution in [0.3, 0.4) is 0 Å². The van der Waals surface area contributed by atoms with Crippen molar-refractivity contribution in [2.75, 3.05) is 18.0 Å². The summed E-state index contributed by atoms with van der Waals surface area (Å²) in [4.78, 5) is 46.2. The smallest absolute Gasteiger partial charge is 0.254 e. The molecule has 7 heteroatoms. The van der Waals surface area contributed by atoms with E-state index in [-0.39, 0.29) is 35.5 Å². The molecule has 2 atom stereocenters. The predicted molar refractivity (Wildman–Crippen MR) is 130 cm³/mol. The molecule has 0 N–H and O–H groups in total. The highest BCUT2D eigenvalue weighted by Crippen LogP contribution is 2.35. The van der Waals surface area contributed by atoms with Gasteiger partial charge in [0, 0.05) is 36.5 Å². The third-order valence-electron chi connectivity index (χ3n) is 6.13. The lowest BCUT2D eigenvalue weighted by Crippen LogP contribution is -2.48. The van der Waals surface area contributed by atoms with Gasteiger partial charge in [0.05, 0.1) is 34.8 Å². The average molecular weight is 456 g/mol. The summed E-state index contributed by atoms with van der Waals surface area (Å²) in [6.45, 7) is 6.50. The molecule has 172 valence electrons. The molecule has 2 unspecified atom stereocenters. The summed E-state index contributed by atoms with van der Waals surface area (Å²) in [6.07, 6.45) is 1.65. The van der Waals surface area contributed by atoms with Crippen LogP contribution in [0.1, 0.15) is 47.2 Å². The van der Waals surface area contributed by atoms with Crippen LogP contribution in [0.2, 0.25) is 0 Å². The van der Waals surface area contributed by atoms with Crippen LogP contribution in [0.4, 0.5) is 5.69 Å². The number of hydrogen-bond acceptors (Lipinski definition) is 5. The van der Waals surface area contributed by atoms with E-state index < -0.39 is 0 Å². The standard InChI is InChI=1S/C27H25N3O4/c1-16-14-29(15-17(2)34-16)27(33)20-9-11-23-19(12-20)8-10-21(28-23)13-25-26(32)22-6-4-5-7-24(22)30(25)18(3)31/h4-13,16-17H,14-15H2,1-3H3/b25-13-. The highest BCUT2D eigenvalue weighted by atomic mass is 16.5. The second-order valence-electron chi connectivity index (χ2n) is 8.84. The maximum Gasteiger partial charge on any atom is 0.254 e. The third-order valence-corrected chi connectivity index (χ3v) is 6.13. The van der Waals surface area contributed by atoms with Crippen LogP contribution >= 0.6 is 0 Å². The fraction of sp³-hybridized carbons (Fsp3) is 0.259. The summed E-state index contributed by atoms with van der Waals surface area (Å²) < 4.78 is 5.73. The molecule has 0 saturated carbocycles. The van der Waals surface area contributed by atoms with Gasteiger partial charge in [0.1, 0.15) is 0 Å². The van der Waals surface area contributed by atoms with Crippen molar-refractivity contribution in [2.45, 2.75) is 33.0 Å². The zero-order chi connectivity index (χ0) is 24.0. The van der Waals surface area contributed by atoms with Crippen molar-refractivity contribution in [3.8, 4) is 0 Å². The number of fused-ring (bicyclic) bond motifs is 2. The summed E-state index contributed by atoms with van der Waals surface area (Å²) >= 11 is 0. The summed E-state index contributed by atoms with van der Waals surface area (Å²) in [5, 5.41) is 0.826. The Balaban J connectivity index is 1.45. The van der Waals surface area contributed by atoms with Crippen molar-refractivity contribution in [3.63, 3.8) is 0 Å². The molecule has 34 heavy (non-hydrogen) atoms. The van der Waals surface area contributed by atoms with Crippen LogP contribution in [0.15, 0.2) is 60.3 Å². The molecule has 1 aromatic heterocycles. The van der Waals surface area contributed by atoms with E-state index in [2.05, 4.69) is 4.98 Å². The monoisotopic (exact) mass is 455 g/mol. The summed E-state index contributed by atoms with van der Waals surface area (Å²) in [6, 6.07) is 16.2. The van der Waals surface area contributed by atoms with Crippen molar-refractivity contribution in [1.82, 2.24) is 9.88 Å². The largest absolute Gasteiger partial charge is 0.372 e. The van der Waals surface area contributed by atoms with Crippen LogP contribution in [-0.4, -0.2) is 52.8 Å². The Labute approximate surface area is 197 Å². The van der Waals surface area contributed by atoms with Gasteiger partial charge in [0.15, 0.2) is 0 Å². The predicted octanol–water partition coefficient (Wildman–Crippen LogP) is 4.07. The normalized spacial score (nSPS) is 21.3. The van der Waals surface area contributed by atoms with Crippen molar-refractivity contribution in [2.24, 2.45) is 0 Å². The number of carbonyl (C=O) groups is 3. The van der Waals surface area contributed by atoms with E-state index in [1.54, 1.807) is 42.5 Å². The highest BCUT2D eigenvalue weighted by Gasteiger charge is 2.34. The number of carbonyl (C=O) groups excluding carboxylic acids is 3. The first kappa shape index (κ1) is 22.0. The highest BCUT2D eigenvalue weighted by molar-refractivity contribution is 6.26. The van der Waals surface area contributed by atoms with Gasteiger partial charge in [-0.2, -0.15) is 0 Å². The number of rotatable bonds is 2. The molecule has 2 amide bonds. The van der Waals surface area contributed by atoms with E-state index in [4.69, 9.17) is 4.74 Å². The van der Waals surface area contributed by atoms with Gasteiger partial charge < -0.3 is 9.64 Å². The molecule has 0 aliphatic carbocycles. The fourth-order valence-corrected chi connectivity index (χ4v) is 4.72. The Morgan fingerprint density at radius 1 is 1.03 bits per heavy atom. The van der Waals surface area contributed by atoms with E-state index in [1.165, 1.54) is 11.8 Å². The first-order valence-corrected chi connectivity index (χ1v) is 11.3. The SMILES string of the molecule is CC(=O)N1/C(=C\c2ccc3cc(C(=O)N4CC(C)OC(C)C4)ccc3n2)C(=O)c2ccccc21. The second kappa shape index (κ2) is 8.50. The van der Waals surface area contributed by atoms with Crippen molar-refractivity contribution < 1.29 is 19.1 Å². The zero-order valence-corrected chi connectivity index (χ0v) is 19.3. The van der Waals surface area contributed by atoms with Gasteiger partial charge in [-0.25, -0.2) is 4.98 Å². The first-order chi connectivity index (χ1) is 16.3. The van der Waals surface area contributed by atoms with Crippen LogP contribution in [0.25, 0.3) is 17.0 Å². The fourth-order valence-electron chi connectivity index (χ4n) is 4.72. The number of benzene rings is 2. The number of ketones is 1.